The van der Waals surface area contributed by atoms with Gasteiger partial charge in [0.05, 0.1) is 36.7 Å². The first-order valence-corrected chi connectivity index (χ1v) is 15.2. The Morgan fingerprint density at radius 3 is 2.65 bits per heavy atom. The Hall–Kier alpha value is -4.40. The lowest BCUT2D eigenvalue weighted by molar-refractivity contribution is -0.127. The molecule has 4 heterocycles. The Morgan fingerprint density at radius 1 is 1.07 bits per heavy atom. The number of fused-ring (bicyclic) bond motifs is 2. The predicted molar refractivity (Wildman–Crippen MR) is 164 cm³/mol. The summed E-state index contributed by atoms with van der Waals surface area (Å²) in [6.07, 6.45) is 6.29. The number of imidazole rings is 1. The number of pyridine rings is 1. The third kappa shape index (κ3) is 5.21. The van der Waals surface area contributed by atoms with Gasteiger partial charge in [-0.15, -0.1) is 0 Å². The van der Waals surface area contributed by atoms with Crippen LogP contribution in [0.15, 0.2) is 54.9 Å². The lowest BCUT2D eigenvalue weighted by Gasteiger charge is -2.17. The molecule has 1 aliphatic carbocycles. The van der Waals surface area contributed by atoms with Crippen LogP contribution in [0.3, 0.4) is 0 Å². The van der Waals surface area contributed by atoms with E-state index in [9.17, 15) is 9.59 Å². The van der Waals surface area contributed by atoms with Crippen LogP contribution in [0.5, 0.6) is 11.6 Å². The van der Waals surface area contributed by atoms with Crippen LogP contribution in [-0.2, 0) is 21.4 Å². The summed E-state index contributed by atoms with van der Waals surface area (Å²) < 4.78 is 13.8. The van der Waals surface area contributed by atoms with Crippen molar-refractivity contribution >= 4 is 28.5 Å². The highest BCUT2D eigenvalue weighted by Crippen LogP contribution is 2.42. The van der Waals surface area contributed by atoms with Gasteiger partial charge in [-0.1, -0.05) is 24.3 Å². The van der Waals surface area contributed by atoms with Gasteiger partial charge in [0.25, 0.3) is 0 Å². The standard InChI is InChI=1S/C34H37N5O4/c1-34(2)26-11-6-23(17-28(26)37-33(34)41)27-18-29-31(39(20-35-29)24-7-8-24)32(36-27)43-15-13-22-16-30(40)38(19-22)14-12-21-4-9-25(42-3)10-5-21/h4-6,9-11,17-18,20,22,24H,7-8,12-16,19H2,1-3H3,(H,37,41)/t22-/m1/s1. The van der Waals surface area contributed by atoms with Gasteiger partial charge in [0, 0.05) is 36.8 Å². The SMILES string of the molecule is COc1ccc(CCN2C[C@H](CCOc3nc(-c4ccc5c(c4)NC(=O)C5(C)C)cc4ncn(C5CC5)c34)CC2=O)cc1. The van der Waals surface area contributed by atoms with E-state index in [1.807, 2.05) is 61.5 Å². The molecule has 1 saturated carbocycles. The summed E-state index contributed by atoms with van der Waals surface area (Å²) in [5.74, 6) is 1.87. The van der Waals surface area contributed by atoms with Crippen LogP contribution >= 0.6 is 0 Å². The van der Waals surface area contributed by atoms with Gasteiger partial charge >= 0.3 is 0 Å². The van der Waals surface area contributed by atoms with E-state index in [0.29, 0.717) is 31.5 Å². The van der Waals surface area contributed by atoms with E-state index in [2.05, 4.69) is 22.0 Å². The maximum absolute atomic E-state index is 12.8. The van der Waals surface area contributed by atoms with E-state index in [1.165, 1.54) is 5.56 Å². The molecule has 2 fully saturated rings. The van der Waals surface area contributed by atoms with Crippen molar-refractivity contribution in [3.63, 3.8) is 0 Å². The number of amides is 2. The Morgan fingerprint density at radius 2 is 1.88 bits per heavy atom. The van der Waals surface area contributed by atoms with Gasteiger partial charge in [0.2, 0.25) is 17.7 Å². The van der Waals surface area contributed by atoms with Crippen molar-refractivity contribution in [3.05, 3.63) is 66.0 Å². The number of hydrogen-bond acceptors (Lipinski definition) is 6. The number of carbonyl (C=O) groups excluding carboxylic acids is 2. The summed E-state index contributed by atoms with van der Waals surface area (Å²) in [6, 6.07) is 16.5. The highest BCUT2D eigenvalue weighted by molar-refractivity contribution is 6.06. The molecule has 2 aliphatic heterocycles. The van der Waals surface area contributed by atoms with Gasteiger partial charge in [-0.25, -0.2) is 9.97 Å². The highest BCUT2D eigenvalue weighted by Gasteiger charge is 2.38. The van der Waals surface area contributed by atoms with Gasteiger partial charge in [-0.3, -0.25) is 9.59 Å². The molecule has 43 heavy (non-hydrogen) atoms. The van der Waals surface area contributed by atoms with Crippen LogP contribution in [0.1, 0.15) is 56.7 Å². The molecule has 2 amide bonds. The fourth-order valence-electron chi connectivity index (χ4n) is 6.30. The molecule has 222 valence electrons. The van der Waals surface area contributed by atoms with Crippen LogP contribution in [0.4, 0.5) is 5.69 Å². The van der Waals surface area contributed by atoms with E-state index in [-0.39, 0.29) is 17.7 Å². The number of aromatic nitrogens is 3. The van der Waals surface area contributed by atoms with Crippen molar-refractivity contribution in [1.29, 1.82) is 0 Å². The fourth-order valence-corrected chi connectivity index (χ4v) is 6.30. The number of ether oxygens (including phenoxy) is 2. The van der Waals surface area contributed by atoms with E-state index in [1.54, 1.807) is 7.11 Å². The van der Waals surface area contributed by atoms with E-state index in [4.69, 9.17) is 19.4 Å². The van der Waals surface area contributed by atoms with Crippen molar-refractivity contribution in [2.75, 3.05) is 32.1 Å². The molecule has 2 aromatic heterocycles. The summed E-state index contributed by atoms with van der Waals surface area (Å²) in [4.78, 5) is 36.9. The molecule has 0 spiro atoms. The Balaban J connectivity index is 1.05. The van der Waals surface area contributed by atoms with Gasteiger partial charge in [0.1, 0.15) is 11.3 Å². The molecule has 3 aliphatic rings. The van der Waals surface area contributed by atoms with Crippen LogP contribution in [0.2, 0.25) is 0 Å². The third-order valence-electron chi connectivity index (χ3n) is 9.15. The molecule has 7 rings (SSSR count). The van der Waals surface area contributed by atoms with Gasteiger partial charge < -0.3 is 24.3 Å². The Bertz CT molecular complexity index is 1710. The smallest absolute Gasteiger partial charge is 0.240 e. The Kier molecular flexibility index (Phi) is 6.83. The molecule has 1 saturated heterocycles. The zero-order valence-electron chi connectivity index (χ0n) is 24.9. The van der Waals surface area contributed by atoms with Gasteiger partial charge in [-0.2, -0.15) is 0 Å². The predicted octanol–water partition coefficient (Wildman–Crippen LogP) is 5.53. The zero-order chi connectivity index (χ0) is 29.7. The number of rotatable bonds is 10. The van der Waals surface area contributed by atoms with Gasteiger partial charge in [0.15, 0.2) is 0 Å². The summed E-state index contributed by atoms with van der Waals surface area (Å²) in [6.45, 7) is 5.81. The minimum atomic E-state index is -0.560. The summed E-state index contributed by atoms with van der Waals surface area (Å²) in [7, 11) is 1.66. The number of likely N-dealkylation sites (tertiary alicyclic amines) is 1. The summed E-state index contributed by atoms with van der Waals surface area (Å²) >= 11 is 0. The molecule has 2 aromatic carbocycles. The number of nitrogens with zero attached hydrogens (tertiary/aromatic N) is 4. The molecular formula is C34H37N5O4. The lowest BCUT2D eigenvalue weighted by Crippen LogP contribution is -2.27. The molecule has 9 heteroatoms. The van der Waals surface area contributed by atoms with Crippen molar-refractivity contribution in [2.24, 2.45) is 5.92 Å². The second kappa shape index (κ2) is 10.7. The molecule has 0 radical (unpaired) electrons. The minimum absolute atomic E-state index is 0.0000443. The molecule has 0 unspecified atom stereocenters. The molecule has 4 aromatic rings. The average Bonchev–Trinajstić information content (AvgIpc) is 3.59. The van der Waals surface area contributed by atoms with Crippen LogP contribution in [-0.4, -0.2) is 58.1 Å². The van der Waals surface area contributed by atoms with Gasteiger partial charge in [-0.05, 0) is 80.8 Å². The van der Waals surface area contributed by atoms with Crippen LogP contribution in [0, 0.1) is 5.92 Å². The first-order chi connectivity index (χ1) is 20.8. The highest BCUT2D eigenvalue weighted by atomic mass is 16.5. The number of nitrogens with one attached hydrogen (secondary N) is 1. The monoisotopic (exact) mass is 579 g/mol. The second-order valence-corrected chi connectivity index (χ2v) is 12.5. The Labute approximate surface area is 251 Å². The fraction of sp³-hybridized carbons (Fsp3) is 0.412. The second-order valence-electron chi connectivity index (χ2n) is 12.5. The molecular weight excluding hydrogens is 542 g/mol. The molecule has 1 atom stereocenters. The lowest BCUT2D eigenvalue weighted by atomic mass is 9.86. The van der Waals surface area contributed by atoms with E-state index in [0.717, 1.165) is 71.5 Å². The normalized spacial score (nSPS) is 19.1. The first-order valence-electron chi connectivity index (χ1n) is 15.2. The first kappa shape index (κ1) is 27.4. The topological polar surface area (TPSA) is 98.6 Å². The maximum atomic E-state index is 12.8. The number of hydrogen-bond donors (Lipinski definition) is 1. The van der Waals surface area contributed by atoms with E-state index >= 15 is 0 Å². The number of carbonyl (C=O) groups is 2. The van der Waals surface area contributed by atoms with E-state index < -0.39 is 5.41 Å². The largest absolute Gasteiger partial charge is 0.497 e. The molecule has 1 N–H and O–H groups in total. The average molecular weight is 580 g/mol. The molecule has 9 nitrogen and oxygen atoms in total. The minimum Gasteiger partial charge on any atom is -0.497 e. The zero-order valence-corrected chi connectivity index (χ0v) is 24.9. The number of methoxy groups -OCH3 is 1. The van der Waals surface area contributed by atoms with Crippen molar-refractivity contribution in [2.45, 2.75) is 57.4 Å². The molecule has 0 bridgehead atoms. The quantitative estimate of drug-likeness (QED) is 0.265. The van der Waals surface area contributed by atoms with Crippen LogP contribution in [0.25, 0.3) is 22.3 Å². The summed E-state index contributed by atoms with van der Waals surface area (Å²) in [5, 5.41) is 3.02. The maximum Gasteiger partial charge on any atom is 0.240 e. The number of anilines is 1. The van der Waals surface area contributed by atoms with Crippen molar-refractivity contribution in [1.82, 2.24) is 19.4 Å². The number of benzene rings is 2. The van der Waals surface area contributed by atoms with Crippen molar-refractivity contribution in [3.8, 4) is 22.9 Å². The third-order valence-corrected chi connectivity index (χ3v) is 9.15. The summed E-state index contributed by atoms with van der Waals surface area (Å²) in [5.41, 5.74) is 5.86. The van der Waals surface area contributed by atoms with Crippen molar-refractivity contribution < 1.29 is 19.1 Å². The van der Waals surface area contributed by atoms with Crippen LogP contribution < -0.4 is 14.8 Å².